The molecule has 0 saturated heterocycles. The van der Waals surface area contributed by atoms with Gasteiger partial charge in [0.05, 0.1) is 17.5 Å². The Bertz CT molecular complexity index is 435. The third-order valence-electron chi connectivity index (χ3n) is 3.49. The second-order valence-corrected chi connectivity index (χ2v) is 4.88. The van der Waals surface area contributed by atoms with Crippen LogP contribution in [0.2, 0.25) is 0 Å². The van der Waals surface area contributed by atoms with Crippen molar-refractivity contribution >= 4 is 11.6 Å². The van der Waals surface area contributed by atoms with Crippen LogP contribution in [0.4, 0.5) is 5.69 Å². The lowest BCUT2D eigenvalue weighted by atomic mass is 10.0. The molecule has 1 aliphatic rings. The standard InChI is InChI=1S/C12H20N4O2/c1-2-16-10(9(13)7-15-16)11(17)14-8-12(18)5-3-4-6-12/h7,18H,2-6,8,13H2,1H3,(H,14,17). The van der Waals surface area contributed by atoms with Crippen LogP contribution in [0.25, 0.3) is 0 Å². The van der Waals surface area contributed by atoms with Crippen molar-refractivity contribution in [2.24, 2.45) is 0 Å². The lowest BCUT2D eigenvalue weighted by Crippen LogP contribution is -2.41. The van der Waals surface area contributed by atoms with Gasteiger partial charge in [0.25, 0.3) is 5.91 Å². The van der Waals surface area contributed by atoms with E-state index >= 15 is 0 Å². The van der Waals surface area contributed by atoms with Gasteiger partial charge in [0.2, 0.25) is 0 Å². The van der Waals surface area contributed by atoms with Crippen molar-refractivity contribution in [1.29, 1.82) is 0 Å². The Kier molecular flexibility index (Phi) is 3.56. The number of carbonyl (C=O) groups excluding carboxylic acids is 1. The maximum Gasteiger partial charge on any atom is 0.271 e. The average molecular weight is 252 g/mol. The summed E-state index contributed by atoms with van der Waals surface area (Å²) in [6, 6.07) is 0. The van der Waals surface area contributed by atoms with E-state index < -0.39 is 5.60 Å². The molecule has 2 rings (SSSR count). The summed E-state index contributed by atoms with van der Waals surface area (Å²) in [5.41, 5.74) is 5.72. The van der Waals surface area contributed by atoms with Gasteiger partial charge in [-0.05, 0) is 19.8 Å². The summed E-state index contributed by atoms with van der Waals surface area (Å²) in [6.45, 7) is 2.76. The van der Waals surface area contributed by atoms with E-state index in [1.165, 1.54) is 6.20 Å². The molecule has 0 atom stereocenters. The monoisotopic (exact) mass is 252 g/mol. The van der Waals surface area contributed by atoms with E-state index in [0.29, 0.717) is 17.9 Å². The van der Waals surface area contributed by atoms with Crippen LogP contribution in [0.5, 0.6) is 0 Å². The number of carbonyl (C=O) groups is 1. The minimum atomic E-state index is -0.749. The zero-order chi connectivity index (χ0) is 13.2. The van der Waals surface area contributed by atoms with Crippen LogP contribution in [0.1, 0.15) is 43.1 Å². The first-order valence-corrected chi connectivity index (χ1v) is 6.37. The van der Waals surface area contributed by atoms with E-state index in [-0.39, 0.29) is 12.5 Å². The molecule has 6 heteroatoms. The van der Waals surface area contributed by atoms with Crippen molar-refractivity contribution < 1.29 is 9.90 Å². The molecule has 1 fully saturated rings. The molecule has 1 aromatic rings. The number of anilines is 1. The number of hydrogen-bond acceptors (Lipinski definition) is 4. The van der Waals surface area contributed by atoms with Crippen LogP contribution in [0.3, 0.4) is 0 Å². The molecular weight excluding hydrogens is 232 g/mol. The third kappa shape index (κ3) is 2.48. The maximum absolute atomic E-state index is 12.0. The van der Waals surface area contributed by atoms with Crippen molar-refractivity contribution in [3.8, 4) is 0 Å². The Labute approximate surface area is 106 Å². The Morgan fingerprint density at radius 2 is 2.28 bits per heavy atom. The second kappa shape index (κ2) is 4.97. The zero-order valence-corrected chi connectivity index (χ0v) is 10.6. The summed E-state index contributed by atoms with van der Waals surface area (Å²) < 4.78 is 1.56. The molecule has 0 unspecified atom stereocenters. The summed E-state index contributed by atoms with van der Waals surface area (Å²) >= 11 is 0. The topological polar surface area (TPSA) is 93.2 Å². The fourth-order valence-electron chi connectivity index (χ4n) is 2.43. The SMILES string of the molecule is CCn1ncc(N)c1C(=O)NCC1(O)CCCC1. The highest BCUT2D eigenvalue weighted by molar-refractivity contribution is 5.97. The molecule has 1 heterocycles. The van der Waals surface area contributed by atoms with Crippen LogP contribution in [-0.4, -0.2) is 32.9 Å². The molecule has 6 nitrogen and oxygen atoms in total. The molecular formula is C12H20N4O2. The Morgan fingerprint density at radius 1 is 1.61 bits per heavy atom. The van der Waals surface area contributed by atoms with Gasteiger partial charge in [-0.15, -0.1) is 0 Å². The van der Waals surface area contributed by atoms with Crippen LogP contribution in [0.15, 0.2) is 6.20 Å². The van der Waals surface area contributed by atoms with Gasteiger partial charge in [-0.2, -0.15) is 5.10 Å². The predicted molar refractivity (Wildman–Crippen MR) is 68.1 cm³/mol. The van der Waals surface area contributed by atoms with Gasteiger partial charge in [0.15, 0.2) is 0 Å². The number of aryl methyl sites for hydroxylation is 1. The molecule has 0 aliphatic heterocycles. The van der Waals surface area contributed by atoms with Gasteiger partial charge < -0.3 is 16.2 Å². The molecule has 0 spiro atoms. The summed E-state index contributed by atoms with van der Waals surface area (Å²) in [7, 11) is 0. The lowest BCUT2D eigenvalue weighted by molar-refractivity contribution is 0.0447. The van der Waals surface area contributed by atoms with Crippen molar-refractivity contribution in [2.45, 2.75) is 44.8 Å². The van der Waals surface area contributed by atoms with Crippen molar-refractivity contribution in [1.82, 2.24) is 15.1 Å². The van der Waals surface area contributed by atoms with Crippen LogP contribution in [-0.2, 0) is 6.54 Å². The fraction of sp³-hybridized carbons (Fsp3) is 0.667. The molecule has 18 heavy (non-hydrogen) atoms. The highest BCUT2D eigenvalue weighted by atomic mass is 16.3. The molecule has 0 bridgehead atoms. The first kappa shape index (κ1) is 12.9. The average Bonchev–Trinajstić information content (AvgIpc) is 2.93. The number of nitrogen functional groups attached to an aromatic ring is 1. The summed E-state index contributed by atoms with van der Waals surface area (Å²) in [5, 5.41) is 16.9. The smallest absolute Gasteiger partial charge is 0.271 e. The van der Waals surface area contributed by atoms with Gasteiger partial charge in [0, 0.05) is 13.1 Å². The van der Waals surface area contributed by atoms with Crippen molar-refractivity contribution in [3.63, 3.8) is 0 Å². The fourth-order valence-corrected chi connectivity index (χ4v) is 2.43. The quantitative estimate of drug-likeness (QED) is 0.728. The molecule has 4 N–H and O–H groups in total. The first-order chi connectivity index (χ1) is 8.56. The highest BCUT2D eigenvalue weighted by Crippen LogP contribution is 2.28. The van der Waals surface area contributed by atoms with E-state index in [1.807, 2.05) is 6.92 Å². The molecule has 0 radical (unpaired) electrons. The molecule has 1 amide bonds. The minimum absolute atomic E-state index is 0.271. The molecule has 1 aliphatic carbocycles. The molecule has 0 aromatic carbocycles. The van der Waals surface area contributed by atoms with Crippen LogP contribution in [0, 0.1) is 0 Å². The lowest BCUT2D eigenvalue weighted by Gasteiger charge is -2.22. The summed E-state index contributed by atoms with van der Waals surface area (Å²) in [5.74, 6) is -0.271. The number of nitrogens with zero attached hydrogens (tertiary/aromatic N) is 2. The van der Waals surface area contributed by atoms with Crippen molar-refractivity contribution in [2.75, 3.05) is 12.3 Å². The molecule has 1 aromatic heterocycles. The van der Waals surface area contributed by atoms with Gasteiger partial charge in [-0.1, -0.05) is 12.8 Å². The maximum atomic E-state index is 12.0. The number of amides is 1. The zero-order valence-electron chi connectivity index (χ0n) is 10.6. The van der Waals surface area contributed by atoms with E-state index in [9.17, 15) is 9.90 Å². The number of nitrogens with one attached hydrogen (secondary N) is 1. The molecule has 1 saturated carbocycles. The number of hydrogen-bond donors (Lipinski definition) is 3. The number of nitrogens with two attached hydrogens (primary N) is 1. The van der Waals surface area contributed by atoms with Gasteiger partial charge in [0.1, 0.15) is 5.69 Å². The van der Waals surface area contributed by atoms with E-state index in [1.54, 1.807) is 4.68 Å². The normalized spacial score (nSPS) is 17.9. The number of aliphatic hydroxyl groups is 1. The Balaban J connectivity index is 2.01. The highest BCUT2D eigenvalue weighted by Gasteiger charge is 2.31. The largest absolute Gasteiger partial charge is 0.396 e. The van der Waals surface area contributed by atoms with E-state index in [0.717, 1.165) is 25.7 Å². The minimum Gasteiger partial charge on any atom is -0.396 e. The Hall–Kier alpha value is -1.56. The van der Waals surface area contributed by atoms with Gasteiger partial charge in [-0.3, -0.25) is 9.48 Å². The Morgan fingerprint density at radius 3 is 2.89 bits per heavy atom. The van der Waals surface area contributed by atoms with Crippen molar-refractivity contribution in [3.05, 3.63) is 11.9 Å². The summed E-state index contributed by atoms with van der Waals surface area (Å²) in [6.07, 6.45) is 5.00. The van der Waals surface area contributed by atoms with Crippen LogP contribution >= 0.6 is 0 Å². The molecule has 100 valence electrons. The van der Waals surface area contributed by atoms with E-state index in [2.05, 4.69) is 10.4 Å². The van der Waals surface area contributed by atoms with Crippen LogP contribution < -0.4 is 11.1 Å². The second-order valence-electron chi connectivity index (χ2n) is 4.88. The number of rotatable bonds is 4. The number of aromatic nitrogens is 2. The summed E-state index contributed by atoms with van der Waals surface area (Å²) in [4.78, 5) is 12.0. The predicted octanol–water partition coefficient (Wildman–Crippen LogP) is 0.520. The first-order valence-electron chi connectivity index (χ1n) is 6.37. The van der Waals surface area contributed by atoms with Gasteiger partial charge in [-0.25, -0.2) is 0 Å². The van der Waals surface area contributed by atoms with E-state index in [4.69, 9.17) is 5.73 Å². The van der Waals surface area contributed by atoms with Gasteiger partial charge >= 0.3 is 0 Å². The third-order valence-corrected chi connectivity index (χ3v) is 3.49.